The highest BCUT2D eigenvalue weighted by Crippen LogP contribution is 2.42. The van der Waals surface area contributed by atoms with E-state index in [2.05, 4.69) is 30.9 Å². The molecule has 0 bridgehead atoms. The van der Waals surface area contributed by atoms with Crippen molar-refractivity contribution in [1.82, 2.24) is 19.5 Å². The zero-order chi connectivity index (χ0) is 29.3. The molecule has 13 nitrogen and oxygen atoms in total. The first-order valence-electron chi connectivity index (χ1n) is 12.3. The van der Waals surface area contributed by atoms with Crippen LogP contribution < -0.4 is 5.63 Å². The molecule has 1 aliphatic heterocycles. The molecular formula is C26H23BrN4O9S. The molecule has 1 aliphatic rings. The highest BCUT2D eigenvalue weighted by Gasteiger charge is 2.50. The lowest BCUT2D eigenvalue weighted by atomic mass is 10.00. The number of imidazole rings is 1. The quantitative estimate of drug-likeness (QED) is 0.156. The van der Waals surface area contributed by atoms with E-state index in [9.17, 15) is 19.2 Å². The molecule has 5 rings (SSSR count). The predicted molar refractivity (Wildman–Crippen MR) is 146 cm³/mol. The van der Waals surface area contributed by atoms with E-state index < -0.39 is 47.9 Å². The van der Waals surface area contributed by atoms with Crippen LogP contribution in [0, 0.1) is 5.92 Å². The van der Waals surface area contributed by atoms with Crippen molar-refractivity contribution in [1.29, 1.82) is 0 Å². The fourth-order valence-corrected chi connectivity index (χ4v) is 5.82. The number of carbonyl (C=O) groups excluding carboxylic acids is 3. The Morgan fingerprint density at radius 3 is 2.56 bits per heavy atom. The van der Waals surface area contributed by atoms with Crippen molar-refractivity contribution in [2.24, 2.45) is 5.92 Å². The van der Waals surface area contributed by atoms with Gasteiger partial charge in [0.1, 0.15) is 54.0 Å². The summed E-state index contributed by atoms with van der Waals surface area (Å²) < 4.78 is 30.4. The molecule has 4 aromatic rings. The van der Waals surface area contributed by atoms with E-state index >= 15 is 0 Å². The van der Waals surface area contributed by atoms with Gasteiger partial charge in [0.25, 0.3) is 0 Å². The van der Waals surface area contributed by atoms with Crippen molar-refractivity contribution in [3.05, 3.63) is 51.7 Å². The molecule has 4 atom stereocenters. The van der Waals surface area contributed by atoms with E-state index in [0.717, 1.165) is 16.2 Å². The second-order valence-corrected chi connectivity index (χ2v) is 11.0. The molecule has 41 heavy (non-hydrogen) atoms. The number of benzene rings is 1. The van der Waals surface area contributed by atoms with Gasteiger partial charge in [-0.15, -0.1) is 0 Å². The number of rotatable bonds is 8. The maximum absolute atomic E-state index is 12.9. The van der Waals surface area contributed by atoms with Crippen LogP contribution >= 0.6 is 27.7 Å². The lowest BCUT2D eigenvalue weighted by molar-refractivity contribution is -0.156. The summed E-state index contributed by atoms with van der Waals surface area (Å²) in [5.41, 5.74) is 0.581. The van der Waals surface area contributed by atoms with Gasteiger partial charge in [-0.2, -0.15) is 0 Å². The van der Waals surface area contributed by atoms with E-state index in [0.29, 0.717) is 22.1 Å². The third-order valence-corrected chi connectivity index (χ3v) is 7.61. The maximum atomic E-state index is 12.9. The van der Waals surface area contributed by atoms with Crippen molar-refractivity contribution < 1.29 is 37.7 Å². The van der Waals surface area contributed by atoms with Gasteiger partial charge in [0.15, 0.2) is 10.8 Å². The predicted octanol–water partition coefficient (Wildman–Crippen LogP) is 3.42. The Hall–Kier alpha value is -3.82. The highest BCUT2D eigenvalue weighted by atomic mass is 79.9. The number of aromatic nitrogens is 4. The summed E-state index contributed by atoms with van der Waals surface area (Å²) in [5.74, 6) is -2.48. The van der Waals surface area contributed by atoms with Crippen LogP contribution in [0.25, 0.3) is 22.1 Å². The topological polar surface area (TPSA) is 162 Å². The normalized spacial score (nSPS) is 20.3. The van der Waals surface area contributed by atoms with Crippen LogP contribution in [0.5, 0.6) is 0 Å². The van der Waals surface area contributed by atoms with Crippen LogP contribution in [0.2, 0.25) is 0 Å². The number of halogens is 1. The lowest BCUT2D eigenvalue weighted by Gasteiger charge is -2.24. The van der Waals surface area contributed by atoms with Crippen molar-refractivity contribution >= 4 is 67.7 Å². The first-order chi connectivity index (χ1) is 19.6. The Bertz CT molecular complexity index is 1710. The van der Waals surface area contributed by atoms with E-state index in [1.165, 1.54) is 33.3 Å². The average Bonchev–Trinajstić information content (AvgIpc) is 3.43. The Labute approximate surface area is 244 Å². The number of hydrogen-bond donors (Lipinski definition) is 0. The summed E-state index contributed by atoms with van der Waals surface area (Å²) in [4.78, 5) is 61.6. The molecule has 0 aliphatic carbocycles. The molecule has 4 heterocycles. The van der Waals surface area contributed by atoms with Crippen molar-refractivity contribution in [3.63, 3.8) is 0 Å². The van der Waals surface area contributed by atoms with Gasteiger partial charge < -0.3 is 23.4 Å². The first-order valence-corrected chi connectivity index (χ1v) is 13.9. The smallest absolute Gasteiger partial charge is 0.350 e. The molecule has 0 N–H and O–H groups in total. The fraction of sp³-hybridized carbons (Fsp3) is 0.346. The van der Waals surface area contributed by atoms with Crippen LogP contribution in [-0.2, 0) is 33.3 Å². The molecule has 0 spiro atoms. The number of carbonyl (C=O) groups is 3. The van der Waals surface area contributed by atoms with Crippen LogP contribution in [0.3, 0.4) is 0 Å². The largest absolute Gasteiger partial charge is 0.465 e. The lowest BCUT2D eigenvalue weighted by Crippen LogP contribution is -2.37. The Balaban J connectivity index is 1.62. The van der Waals surface area contributed by atoms with E-state index in [-0.39, 0.29) is 23.3 Å². The average molecular weight is 647 g/mol. The van der Waals surface area contributed by atoms with Gasteiger partial charge in [0.2, 0.25) is 0 Å². The second-order valence-electron chi connectivity index (χ2n) is 9.09. The molecule has 0 radical (unpaired) electrons. The standard InChI is InChI=1S/C26H23BrN4O9S/c1-12(32)36-9-17-22(38-14(3)34)20(10-37-13(2)33)39-24(17)31-23-18(8-28-11-29-23)30-26(31)41-21-7-15-6-16(27)4-5-19(15)40-25(21)35/h4-8,11,17,20,22,24H,9-10H2,1-3H3/t17-,20-,22+,24-/m1/s1. The minimum atomic E-state index is -0.969. The first kappa shape index (κ1) is 28.7. The molecule has 1 aromatic carbocycles. The molecule has 15 heteroatoms. The van der Waals surface area contributed by atoms with Crippen molar-refractivity contribution in [2.45, 2.75) is 49.3 Å². The SMILES string of the molecule is CC(=O)OC[C@@H]1[C@H](OC(C)=O)[C@@H](COC(C)=O)O[C@H]1n1c(Sc2cc3cc(Br)ccc3oc2=O)nc2cncnc21. The summed E-state index contributed by atoms with van der Waals surface area (Å²) in [6.45, 7) is 3.30. The molecule has 0 saturated carbocycles. The molecular weight excluding hydrogens is 624 g/mol. The zero-order valence-corrected chi connectivity index (χ0v) is 24.3. The fourth-order valence-electron chi connectivity index (χ4n) is 4.50. The summed E-state index contributed by atoms with van der Waals surface area (Å²) in [7, 11) is 0. The molecule has 1 saturated heterocycles. The Morgan fingerprint density at radius 1 is 1.07 bits per heavy atom. The zero-order valence-electron chi connectivity index (χ0n) is 21.9. The summed E-state index contributed by atoms with van der Waals surface area (Å²) in [5, 5.41) is 0.972. The third kappa shape index (κ3) is 6.26. The second kappa shape index (κ2) is 12.0. The van der Waals surface area contributed by atoms with Gasteiger partial charge in [0, 0.05) is 30.6 Å². The minimum Gasteiger partial charge on any atom is -0.465 e. The highest BCUT2D eigenvalue weighted by molar-refractivity contribution is 9.10. The summed E-state index contributed by atoms with van der Waals surface area (Å²) in [6, 6.07) is 6.95. The van der Waals surface area contributed by atoms with Gasteiger partial charge in [-0.1, -0.05) is 15.9 Å². The molecule has 1 fully saturated rings. The number of nitrogens with zero attached hydrogens (tertiary/aromatic N) is 4. The van der Waals surface area contributed by atoms with Gasteiger partial charge >= 0.3 is 23.5 Å². The van der Waals surface area contributed by atoms with Crippen LogP contribution in [0.1, 0.15) is 27.0 Å². The van der Waals surface area contributed by atoms with Crippen molar-refractivity contribution in [2.75, 3.05) is 13.2 Å². The van der Waals surface area contributed by atoms with Gasteiger partial charge in [-0.25, -0.2) is 19.7 Å². The molecule has 0 unspecified atom stereocenters. The number of esters is 3. The monoisotopic (exact) mass is 646 g/mol. The van der Waals surface area contributed by atoms with Crippen molar-refractivity contribution in [3.8, 4) is 0 Å². The van der Waals surface area contributed by atoms with E-state index in [1.54, 1.807) is 22.8 Å². The Kier molecular flexibility index (Phi) is 8.37. The maximum Gasteiger partial charge on any atom is 0.350 e. The summed E-state index contributed by atoms with van der Waals surface area (Å²) >= 11 is 4.44. The van der Waals surface area contributed by atoms with Crippen LogP contribution in [-0.4, -0.2) is 62.8 Å². The number of hydrogen-bond acceptors (Lipinski definition) is 13. The number of fused-ring (bicyclic) bond motifs is 2. The molecule has 0 amide bonds. The van der Waals surface area contributed by atoms with Gasteiger partial charge in [0.05, 0.1) is 12.1 Å². The third-order valence-electron chi connectivity index (χ3n) is 6.14. The van der Waals surface area contributed by atoms with Crippen LogP contribution in [0.15, 0.2) is 60.5 Å². The van der Waals surface area contributed by atoms with Gasteiger partial charge in [-0.3, -0.25) is 19.0 Å². The minimum absolute atomic E-state index is 0.199. The molecule has 3 aromatic heterocycles. The molecule has 214 valence electrons. The summed E-state index contributed by atoms with van der Waals surface area (Å²) in [6.07, 6.45) is -0.0145. The van der Waals surface area contributed by atoms with E-state index in [1.807, 2.05) is 6.07 Å². The van der Waals surface area contributed by atoms with Crippen LogP contribution in [0.4, 0.5) is 0 Å². The number of ether oxygens (including phenoxy) is 4. The van der Waals surface area contributed by atoms with E-state index in [4.69, 9.17) is 23.4 Å². The Morgan fingerprint density at radius 2 is 1.83 bits per heavy atom. The van der Waals surface area contributed by atoms with Gasteiger partial charge in [-0.05, 0) is 36.0 Å².